The number of halogens is 5. The minimum atomic E-state index is -4.75. The molecule has 0 fully saturated rings. The summed E-state index contributed by atoms with van der Waals surface area (Å²) >= 11 is 8.77. The molecule has 2 rings (SSSR count). The van der Waals surface area contributed by atoms with Crippen molar-refractivity contribution in [1.82, 2.24) is 4.98 Å². The molecule has 0 saturated heterocycles. The number of aromatic nitrogens is 1. The second kappa shape index (κ2) is 6.53. The first-order chi connectivity index (χ1) is 9.89. The summed E-state index contributed by atoms with van der Waals surface area (Å²) in [5.41, 5.74) is 0.721. The first-order valence-corrected chi connectivity index (χ1v) is 6.94. The Morgan fingerprint density at radius 3 is 2.57 bits per heavy atom. The predicted octanol–water partition coefficient (Wildman–Crippen LogP) is 5.27. The van der Waals surface area contributed by atoms with E-state index in [2.05, 4.69) is 25.7 Å². The summed E-state index contributed by atoms with van der Waals surface area (Å²) in [4.78, 5) is 3.91. The molecule has 3 nitrogen and oxygen atoms in total. The van der Waals surface area contributed by atoms with E-state index in [0.717, 1.165) is 11.6 Å². The topological polar surface area (TPSA) is 31.4 Å². The fraction of sp³-hybridized carbons (Fsp3) is 0.154. The lowest BCUT2D eigenvalue weighted by atomic mass is 10.3. The molecule has 0 unspecified atom stereocenters. The molecule has 0 bridgehead atoms. The Morgan fingerprint density at radius 1 is 1.19 bits per heavy atom. The number of nitrogens with zero attached hydrogens (tertiary/aromatic N) is 1. The fourth-order valence-electron chi connectivity index (χ4n) is 1.49. The maximum atomic E-state index is 12.2. The van der Waals surface area contributed by atoms with Crippen molar-refractivity contribution in [2.24, 2.45) is 0 Å². The smallest absolute Gasteiger partial charge is 0.455 e. The molecule has 2 aromatic rings. The average molecular weight is 383 g/mol. The molecule has 0 aliphatic carbocycles. The Bertz CT molecular complexity index is 637. The molecule has 0 aliphatic heterocycles. The molecular formula is C13H8BrClF3NO2. The van der Waals surface area contributed by atoms with Crippen molar-refractivity contribution in [1.29, 1.82) is 0 Å². The lowest BCUT2D eigenvalue weighted by Gasteiger charge is -2.13. The van der Waals surface area contributed by atoms with Gasteiger partial charge in [-0.25, -0.2) is 0 Å². The van der Waals surface area contributed by atoms with E-state index in [1.54, 1.807) is 12.3 Å². The van der Waals surface area contributed by atoms with Crippen LogP contribution in [-0.2, 0) is 5.88 Å². The van der Waals surface area contributed by atoms with Crippen molar-refractivity contribution in [2.75, 3.05) is 0 Å². The highest BCUT2D eigenvalue weighted by molar-refractivity contribution is 9.10. The van der Waals surface area contributed by atoms with Crippen LogP contribution in [0.25, 0.3) is 0 Å². The monoisotopic (exact) mass is 381 g/mol. The van der Waals surface area contributed by atoms with Crippen molar-refractivity contribution < 1.29 is 22.6 Å². The number of benzene rings is 1. The summed E-state index contributed by atoms with van der Waals surface area (Å²) in [7, 11) is 0. The third-order valence-electron chi connectivity index (χ3n) is 2.37. The first-order valence-electron chi connectivity index (χ1n) is 5.61. The third kappa shape index (κ3) is 4.50. The van der Waals surface area contributed by atoms with Gasteiger partial charge < -0.3 is 9.47 Å². The van der Waals surface area contributed by atoms with E-state index < -0.39 is 6.36 Å². The number of hydrogen-bond donors (Lipinski definition) is 0. The van der Waals surface area contributed by atoms with Crippen molar-refractivity contribution in [3.8, 4) is 17.2 Å². The van der Waals surface area contributed by atoms with Crippen LogP contribution in [0.5, 0.6) is 17.2 Å². The van der Waals surface area contributed by atoms with E-state index in [0.29, 0.717) is 11.5 Å². The van der Waals surface area contributed by atoms with Gasteiger partial charge in [-0.15, -0.1) is 24.8 Å². The zero-order valence-corrected chi connectivity index (χ0v) is 12.7. The summed E-state index contributed by atoms with van der Waals surface area (Å²) in [6.45, 7) is 0. The van der Waals surface area contributed by atoms with Gasteiger partial charge in [-0.05, 0) is 40.2 Å². The number of alkyl halides is 4. The van der Waals surface area contributed by atoms with Gasteiger partial charge in [0.2, 0.25) is 0 Å². The van der Waals surface area contributed by atoms with E-state index in [9.17, 15) is 13.2 Å². The van der Waals surface area contributed by atoms with Crippen LogP contribution < -0.4 is 9.47 Å². The van der Waals surface area contributed by atoms with Gasteiger partial charge in [-0.3, -0.25) is 4.98 Å². The SMILES string of the molecule is FC(F)(F)Oc1ccc(Oc2cnccc2CCl)cc1Br. The van der Waals surface area contributed by atoms with Gasteiger partial charge in [0.15, 0.2) is 0 Å². The summed E-state index contributed by atoms with van der Waals surface area (Å²) < 4.78 is 46.0. The zero-order chi connectivity index (χ0) is 15.5. The van der Waals surface area contributed by atoms with Crippen LogP contribution >= 0.6 is 27.5 Å². The Kier molecular flexibility index (Phi) is 4.95. The predicted molar refractivity (Wildman–Crippen MR) is 74.7 cm³/mol. The molecule has 1 heterocycles. The second-order valence-corrected chi connectivity index (χ2v) is 4.98. The highest BCUT2D eigenvalue weighted by atomic mass is 79.9. The maximum absolute atomic E-state index is 12.2. The van der Waals surface area contributed by atoms with E-state index >= 15 is 0 Å². The minimum absolute atomic E-state index is 0.119. The van der Waals surface area contributed by atoms with Gasteiger partial charge in [-0.1, -0.05) is 0 Å². The molecule has 0 N–H and O–H groups in total. The van der Waals surface area contributed by atoms with Crippen molar-refractivity contribution >= 4 is 27.5 Å². The van der Waals surface area contributed by atoms with Crippen molar-refractivity contribution in [3.05, 3.63) is 46.7 Å². The summed E-state index contributed by atoms with van der Waals surface area (Å²) in [5.74, 6) is 0.646. The Labute approximate surface area is 131 Å². The van der Waals surface area contributed by atoms with Crippen LogP contribution in [0.2, 0.25) is 0 Å². The molecule has 8 heteroatoms. The molecular weight excluding hydrogens is 374 g/mol. The number of pyridine rings is 1. The first kappa shape index (κ1) is 15.9. The average Bonchev–Trinajstić information content (AvgIpc) is 2.41. The lowest BCUT2D eigenvalue weighted by Crippen LogP contribution is -2.17. The molecule has 112 valence electrons. The number of rotatable bonds is 4. The molecule has 0 spiro atoms. The maximum Gasteiger partial charge on any atom is 0.573 e. The molecule has 21 heavy (non-hydrogen) atoms. The van der Waals surface area contributed by atoms with E-state index in [4.69, 9.17) is 16.3 Å². The molecule has 0 atom stereocenters. The van der Waals surface area contributed by atoms with E-state index in [1.807, 2.05) is 0 Å². The number of ether oxygens (including phenoxy) is 2. The summed E-state index contributed by atoms with van der Waals surface area (Å²) in [5, 5.41) is 0. The highest BCUT2D eigenvalue weighted by Crippen LogP contribution is 2.35. The van der Waals surface area contributed by atoms with Crippen molar-refractivity contribution in [3.63, 3.8) is 0 Å². The normalized spacial score (nSPS) is 11.3. The Morgan fingerprint density at radius 2 is 1.95 bits per heavy atom. The van der Waals surface area contributed by atoms with Gasteiger partial charge in [-0.2, -0.15) is 0 Å². The molecule has 0 aliphatic rings. The minimum Gasteiger partial charge on any atom is -0.455 e. The van der Waals surface area contributed by atoms with Crippen LogP contribution in [0.1, 0.15) is 5.56 Å². The zero-order valence-electron chi connectivity index (χ0n) is 10.3. The van der Waals surface area contributed by atoms with Crippen LogP contribution in [0.15, 0.2) is 41.1 Å². The lowest BCUT2D eigenvalue weighted by molar-refractivity contribution is -0.274. The van der Waals surface area contributed by atoms with E-state index in [-0.39, 0.29) is 16.1 Å². The fourth-order valence-corrected chi connectivity index (χ4v) is 2.15. The standard InChI is InChI=1S/C13H8BrClF3NO2/c14-10-5-9(1-2-11(10)21-13(16,17)18)20-12-7-19-4-3-8(12)6-15/h1-5,7H,6H2. The van der Waals surface area contributed by atoms with Crippen LogP contribution in [0.4, 0.5) is 13.2 Å². The molecule has 1 aromatic carbocycles. The Hall–Kier alpha value is -1.47. The summed E-state index contributed by atoms with van der Waals surface area (Å²) in [6, 6.07) is 5.57. The molecule has 0 amide bonds. The number of hydrogen-bond acceptors (Lipinski definition) is 3. The molecule has 0 saturated carbocycles. The molecule has 1 aromatic heterocycles. The third-order valence-corrected chi connectivity index (χ3v) is 3.28. The van der Waals surface area contributed by atoms with Gasteiger partial charge in [0.05, 0.1) is 16.5 Å². The van der Waals surface area contributed by atoms with Gasteiger partial charge in [0.25, 0.3) is 0 Å². The van der Waals surface area contributed by atoms with Gasteiger partial charge in [0, 0.05) is 11.8 Å². The summed E-state index contributed by atoms with van der Waals surface area (Å²) in [6.07, 6.45) is -1.70. The second-order valence-electron chi connectivity index (χ2n) is 3.86. The highest BCUT2D eigenvalue weighted by Gasteiger charge is 2.32. The van der Waals surface area contributed by atoms with Gasteiger partial charge >= 0.3 is 6.36 Å². The van der Waals surface area contributed by atoms with E-state index in [1.165, 1.54) is 18.3 Å². The van der Waals surface area contributed by atoms with Crippen LogP contribution in [0.3, 0.4) is 0 Å². The van der Waals surface area contributed by atoms with Crippen molar-refractivity contribution in [2.45, 2.75) is 12.2 Å². The molecule has 0 radical (unpaired) electrons. The Balaban J connectivity index is 2.21. The van der Waals surface area contributed by atoms with Gasteiger partial charge in [0.1, 0.15) is 17.2 Å². The quantitative estimate of drug-likeness (QED) is 0.675. The largest absolute Gasteiger partial charge is 0.573 e. The van der Waals surface area contributed by atoms with Crippen LogP contribution in [-0.4, -0.2) is 11.3 Å². The van der Waals surface area contributed by atoms with Crippen LogP contribution in [0, 0.1) is 0 Å².